The first-order chi connectivity index (χ1) is 11.5. The summed E-state index contributed by atoms with van der Waals surface area (Å²) in [5.74, 6) is -0.0784. The molecule has 2 aromatic carbocycles. The van der Waals surface area contributed by atoms with Gasteiger partial charge in [0.15, 0.2) is 0 Å². The van der Waals surface area contributed by atoms with Gasteiger partial charge < -0.3 is 15.6 Å². The number of carbonyl (C=O) groups is 1. The summed E-state index contributed by atoms with van der Waals surface area (Å²) in [6, 6.07) is 13.6. The van der Waals surface area contributed by atoms with Crippen LogP contribution in [0.2, 0.25) is 0 Å². The zero-order valence-corrected chi connectivity index (χ0v) is 15.6. The average Bonchev–Trinajstić information content (AvgIpc) is 2.95. The molecular formula is C20H24ClN3O. The van der Waals surface area contributed by atoms with Crippen molar-refractivity contribution in [2.24, 2.45) is 5.73 Å². The minimum atomic E-state index is -0.574. The molecule has 132 valence electrons. The Bertz CT molecular complexity index is 867. The molecule has 0 spiro atoms. The number of aryl methyl sites for hydroxylation is 2. The van der Waals surface area contributed by atoms with Crippen molar-refractivity contribution < 1.29 is 4.79 Å². The molecule has 0 aliphatic rings. The van der Waals surface area contributed by atoms with Crippen LogP contribution in [-0.4, -0.2) is 24.0 Å². The second-order valence-corrected chi connectivity index (χ2v) is 6.41. The standard InChI is InChI=1S/C20H23N3O.ClH/c1-13-8-14(2)10-16(9-13)23(3)20(24)18(21)11-15-12-22-19-7-5-4-6-17(15)19;/h4-10,12,18,22H,11,21H2,1-3H3;1H/t18-;/m0./s1. The highest BCUT2D eigenvalue weighted by molar-refractivity contribution is 5.97. The molecule has 4 nitrogen and oxygen atoms in total. The molecule has 1 heterocycles. The summed E-state index contributed by atoms with van der Waals surface area (Å²) in [4.78, 5) is 17.6. The maximum Gasteiger partial charge on any atom is 0.243 e. The van der Waals surface area contributed by atoms with Crippen LogP contribution in [-0.2, 0) is 11.2 Å². The third-order valence-electron chi connectivity index (χ3n) is 4.36. The van der Waals surface area contributed by atoms with E-state index in [9.17, 15) is 4.79 Å². The van der Waals surface area contributed by atoms with Crippen molar-refractivity contribution in [3.05, 3.63) is 65.4 Å². The predicted molar refractivity (Wildman–Crippen MR) is 107 cm³/mol. The Morgan fingerprint density at radius 2 is 1.80 bits per heavy atom. The number of nitrogens with zero attached hydrogens (tertiary/aromatic N) is 1. The summed E-state index contributed by atoms with van der Waals surface area (Å²) in [6.45, 7) is 4.06. The number of nitrogens with two attached hydrogens (primary N) is 1. The first-order valence-electron chi connectivity index (χ1n) is 8.12. The fourth-order valence-corrected chi connectivity index (χ4v) is 3.14. The number of hydrogen-bond donors (Lipinski definition) is 2. The largest absolute Gasteiger partial charge is 0.361 e. The number of benzene rings is 2. The molecule has 0 aliphatic carbocycles. The normalized spacial score (nSPS) is 11.8. The predicted octanol–water partition coefficient (Wildman–Crippen LogP) is 3.74. The van der Waals surface area contributed by atoms with Crippen LogP contribution < -0.4 is 10.6 Å². The van der Waals surface area contributed by atoms with Crippen molar-refractivity contribution in [1.29, 1.82) is 0 Å². The number of anilines is 1. The molecule has 1 amide bonds. The SMILES string of the molecule is Cc1cc(C)cc(N(C)C(=O)[C@@H](N)Cc2c[nH]c3ccccc23)c1.Cl. The maximum atomic E-state index is 12.7. The van der Waals surface area contributed by atoms with Gasteiger partial charge in [-0.05, 0) is 55.2 Å². The van der Waals surface area contributed by atoms with Gasteiger partial charge in [-0.25, -0.2) is 0 Å². The molecule has 0 fully saturated rings. The molecule has 0 unspecified atom stereocenters. The van der Waals surface area contributed by atoms with Gasteiger partial charge in [-0.1, -0.05) is 24.3 Å². The molecule has 3 aromatic rings. The maximum absolute atomic E-state index is 12.7. The lowest BCUT2D eigenvalue weighted by atomic mass is 10.0. The van der Waals surface area contributed by atoms with Gasteiger partial charge in [0.05, 0.1) is 6.04 Å². The Morgan fingerprint density at radius 3 is 2.48 bits per heavy atom. The van der Waals surface area contributed by atoms with Crippen LogP contribution >= 0.6 is 12.4 Å². The van der Waals surface area contributed by atoms with Gasteiger partial charge in [0.1, 0.15) is 0 Å². The first-order valence-corrected chi connectivity index (χ1v) is 8.12. The fraction of sp³-hybridized carbons (Fsp3) is 0.250. The number of aromatic nitrogens is 1. The van der Waals surface area contributed by atoms with Gasteiger partial charge in [0.25, 0.3) is 0 Å². The third-order valence-corrected chi connectivity index (χ3v) is 4.36. The second kappa shape index (κ2) is 7.72. The molecule has 0 bridgehead atoms. The number of H-pyrrole nitrogens is 1. The van der Waals surface area contributed by atoms with Crippen molar-refractivity contribution in [2.45, 2.75) is 26.3 Å². The Balaban J connectivity index is 0.00000225. The highest BCUT2D eigenvalue weighted by Crippen LogP contribution is 2.21. The van der Waals surface area contributed by atoms with E-state index in [4.69, 9.17) is 5.73 Å². The number of para-hydroxylation sites is 1. The Kier molecular flexibility index (Phi) is 5.88. The van der Waals surface area contributed by atoms with E-state index >= 15 is 0 Å². The van der Waals surface area contributed by atoms with E-state index in [2.05, 4.69) is 11.1 Å². The van der Waals surface area contributed by atoms with Crippen LogP contribution in [0.3, 0.4) is 0 Å². The molecule has 5 heteroatoms. The average molecular weight is 358 g/mol. The molecule has 0 aliphatic heterocycles. The van der Waals surface area contributed by atoms with Crippen LogP contribution in [0, 0.1) is 13.8 Å². The number of fused-ring (bicyclic) bond motifs is 1. The highest BCUT2D eigenvalue weighted by Gasteiger charge is 2.21. The van der Waals surface area contributed by atoms with Crippen molar-refractivity contribution in [3.63, 3.8) is 0 Å². The summed E-state index contributed by atoms with van der Waals surface area (Å²) in [5.41, 5.74) is 11.5. The lowest BCUT2D eigenvalue weighted by Crippen LogP contribution is -2.43. The monoisotopic (exact) mass is 357 g/mol. The van der Waals surface area contributed by atoms with Crippen molar-refractivity contribution >= 4 is 34.9 Å². The lowest BCUT2D eigenvalue weighted by molar-refractivity contribution is -0.119. The van der Waals surface area contributed by atoms with Crippen molar-refractivity contribution in [1.82, 2.24) is 4.98 Å². The summed E-state index contributed by atoms with van der Waals surface area (Å²) < 4.78 is 0. The summed E-state index contributed by atoms with van der Waals surface area (Å²) in [6.07, 6.45) is 2.45. The Morgan fingerprint density at radius 1 is 1.16 bits per heavy atom. The van der Waals surface area contributed by atoms with Gasteiger partial charge in [-0.2, -0.15) is 0 Å². The zero-order valence-electron chi connectivity index (χ0n) is 14.7. The van der Waals surface area contributed by atoms with Gasteiger partial charge >= 0.3 is 0 Å². The molecular weight excluding hydrogens is 334 g/mol. The Hall–Kier alpha value is -2.30. The molecule has 0 saturated heterocycles. The highest BCUT2D eigenvalue weighted by atomic mass is 35.5. The van der Waals surface area contributed by atoms with Crippen molar-refractivity contribution in [2.75, 3.05) is 11.9 Å². The number of likely N-dealkylation sites (N-methyl/N-ethyl adjacent to an activating group) is 1. The lowest BCUT2D eigenvalue weighted by Gasteiger charge is -2.22. The van der Waals surface area contributed by atoms with Crippen LogP contribution in [0.15, 0.2) is 48.7 Å². The molecule has 0 saturated carbocycles. The van der Waals surface area contributed by atoms with E-state index in [1.165, 1.54) is 0 Å². The number of nitrogens with one attached hydrogen (secondary N) is 1. The number of rotatable bonds is 4. The van der Waals surface area contributed by atoms with E-state index < -0.39 is 6.04 Å². The van der Waals surface area contributed by atoms with E-state index in [-0.39, 0.29) is 18.3 Å². The third kappa shape index (κ3) is 4.03. The van der Waals surface area contributed by atoms with Crippen LogP contribution in [0.5, 0.6) is 0 Å². The molecule has 1 aromatic heterocycles. The number of carbonyl (C=O) groups excluding carboxylic acids is 1. The van der Waals surface area contributed by atoms with E-state index in [0.29, 0.717) is 6.42 Å². The zero-order chi connectivity index (χ0) is 17.3. The van der Waals surface area contributed by atoms with E-state index in [0.717, 1.165) is 33.3 Å². The van der Waals surface area contributed by atoms with Gasteiger partial charge in [-0.15, -0.1) is 12.4 Å². The van der Waals surface area contributed by atoms with E-state index in [1.807, 2.05) is 56.4 Å². The second-order valence-electron chi connectivity index (χ2n) is 6.41. The minimum Gasteiger partial charge on any atom is -0.361 e. The molecule has 0 radical (unpaired) electrons. The smallest absolute Gasteiger partial charge is 0.243 e. The topological polar surface area (TPSA) is 62.1 Å². The van der Waals surface area contributed by atoms with E-state index in [1.54, 1.807) is 11.9 Å². The number of halogens is 1. The number of amides is 1. The quantitative estimate of drug-likeness (QED) is 0.747. The summed E-state index contributed by atoms with van der Waals surface area (Å²) in [7, 11) is 1.78. The molecule has 3 N–H and O–H groups in total. The first kappa shape index (κ1) is 19.0. The van der Waals surface area contributed by atoms with Crippen LogP contribution in [0.4, 0.5) is 5.69 Å². The number of hydrogen-bond acceptors (Lipinski definition) is 2. The minimum absolute atomic E-state index is 0. The molecule has 3 rings (SSSR count). The van der Waals surface area contributed by atoms with Gasteiger partial charge in [-0.3, -0.25) is 4.79 Å². The van der Waals surface area contributed by atoms with Crippen LogP contribution in [0.25, 0.3) is 10.9 Å². The molecule has 25 heavy (non-hydrogen) atoms. The van der Waals surface area contributed by atoms with Gasteiger partial charge in [0, 0.05) is 29.8 Å². The summed E-state index contributed by atoms with van der Waals surface area (Å²) >= 11 is 0. The molecule has 1 atom stereocenters. The Labute approximate surface area is 154 Å². The fourth-order valence-electron chi connectivity index (χ4n) is 3.14. The number of aromatic amines is 1. The van der Waals surface area contributed by atoms with Crippen LogP contribution in [0.1, 0.15) is 16.7 Å². The van der Waals surface area contributed by atoms with Gasteiger partial charge in [0.2, 0.25) is 5.91 Å². The summed E-state index contributed by atoms with van der Waals surface area (Å²) in [5, 5.41) is 1.12. The van der Waals surface area contributed by atoms with Crippen molar-refractivity contribution in [3.8, 4) is 0 Å².